The molecule has 2 saturated carbocycles. The van der Waals surface area contributed by atoms with E-state index in [9.17, 15) is 9.18 Å². The van der Waals surface area contributed by atoms with Gasteiger partial charge in [-0.15, -0.1) is 0 Å². The maximum absolute atomic E-state index is 13.9. The molecule has 6 nitrogen and oxygen atoms in total. The van der Waals surface area contributed by atoms with Crippen molar-refractivity contribution in [1.29, 1.82) is 0 Å². The van der Waals surface area contributed by atoms with E-state index in [-0.39, 0.29) is 17.8 Å². The third-order valence-electron chi connectivity index (χ3n) is 8.10. The van der Waals surface area contributed by atoms with E-state index in [1.54, 1.807) is 19.2 Å². The number of methoxy groups -OCH3 is 1. The first kappa shape index (κ1) is 23.1. The molecular weight excluding hydrogens is 455 g/mol. The Bertz CT molecular complexity index is 1410. The number of carbonyl (C=O) groups excluding carboxylic acids is 1. The summed E-state index contributed by atoms with van der Waals surface area (Å²) < 4.78 is 19.9. The van der Waals surface area contributed by atoms with Crippen molar-refractivity contribution in [1.82, 2.24) is 20.3 Å². The number of pyridine rings is 1. The number of nitrogens with one attached hydrogen (secondary N) is 2. The Labute approximate surface area is 209 Å². The number of hydrogen-bond donors (Lipinski definition) is 2. The quantitative estimate of drug-likeness (QED) is 0.340. The van der Waals surface area contributed by atoms with Gasteiger partial charge in [0, 0.05) is 30.3 Å². The van der Waals surface area contributed by atoms with Gasteiger partial charge in [0.2, 0.25) is 0 Å². The Hall–Kier alpha value is -3.32. The highest BCUT2D eigenvalue weighted by Crippen LogP contribution is 2.43. The van der Waals surface area contributed by atoms with Gasteiger partial charge in [-0.05, 0) is 105 Å². The summed E-state index contributed by atoms with van der Waals surface area (Å²) in [5.41, 5.74) is 4.36. The first-order valence-electron chi connectivity index (χ1n) is 13.0. The molecule has 186 valence electrons. The fourth-order valence-electron chi connectivity index (χ4n) is 5.88. The van der Waals surface area contributed by atoms with Gasteiger partial charge in [0.15, 0.2) is 0 Å². The van der Waals surface area contributed by atoms with Crippen molar-refractivity contribution in [2.24, 2.45) is 5.92 Å². The lowest BCUT2D eigenvalue weighted by Gasteiger charge is -2.33. The minimum Gasteiger partial charge on any atom is -0.373 e. The summed E-state index contributed by atoms with van der Waals surface area (Å²) in [7, 11) is 1.74. The first-order chi connectivity index (χ1) is 17.6. The van der Waals surface area contributed by atoms with Gasteiger partial charge in [0.05, 0.1) is 16.6 Å². The van der Waals surface area contributed by atoms with E-state index in [1.165, 1.54) is 18.1 Å². The van der Waals surface area contributed by atoms with Gasteiger partial charge in [-0.1, -0.05) is 0 Å². The predicted molar refractivity (Wildman–Crippen MR) is 137 cm³/mol. The highest BCUT2D eigenvalue weighted by atomic mass is 19.1. The molecule has 0 saturated heterocycles. The highest BCUT2D eigenvalue weighted by Gasteiger charge is 2.32. The fourth-order valence-corrected chi connectivity index (χ4v) is 5.88. The number of aromatic nitrogens is 3. The molecule has 2 aromatic carbocycles. The number of ether oxygens (including phenoxy) is 1. The van der Waals surface area contributed by atoms with Crippen molar-refractivity contribution >= 4 is 27.8 Å². The van der Waals surface area contributed by atoms with E-state index in [4.69, 9.17) is 9.72 Å². The zero-order chi connectivity index (χ0) is 24.6. The topological polar surface area (TPSA) is 79.9 Å². The van der Waals surface area contributed by atoms with Crippen LogP contribution in [-0.4, -0.2) is 34.0 Å². The summed E-state index contributed by atoms with van der Waals surface area (Å²) in [6.45, 7) is 0. The van der Waals surface area contributed by atoms with Crippen LogP contribution in [0, 0.1) is 11.7 Å². The fraction of sp³-hybridized carbons (Fsp3) is 0.414. The predicted octanol–water partition coefficient (Wildman–Crippen LogP) is 6.19. The monoisotopic (exact) mass is 486 g/mol. The van der Waals surface area contributed by atoms with Crippen LogP contribution in [0.5, 0.6) is 0 Å². The molecule has 0 spiro atoms. The molecule has 6 rings (SSSR count). The van der Waals surface area contributed by atoms with Gasteiger partial charge >= 0.3 is 0 Å². The van der Waals surface area contributed by atoms with Crippen LogP contribution >= 0.6 is 0 Å². The molecule has 2 aliphatic carbocycles. The normalized spacial score (nSPS) is 21.4. The number of amides is 1. The Morgan fingerprint density at radius 3 is 2.64 bits per heavy atom. The molecular formula is C29H31FN4O2. The molecule has 36 heavy (non-hydrogen) atoms. The summed E-state index contributed by atoms with van der Waals surface area (Å²) in [6.07, 6.45) is 9.00. The molecule has 0 radical (unpaired) electrons. The summed E-state index contributed by atoms with van der Waals surface area (Å²) >= 11 is 0. The Morgan fingerprint density at radius 2 is 1.89 bits per heavy atom. The van der Waals surface area contributed by atoms with E-state index in [2.05, 4.69) is 15.3 Å². The molecule has 2 aliphatic rings. The van der Waals surface area contributed by atoms with Crippen molar-refractivity contribution in [3.63, 3.8) is 0 Å². The van der Waals surface area contributed by atoms with Gasteiger partial charge in [-0.2, -0.15) is 0 Å². The van der Waals surface area contributed by atoms with Gasteiger partial charge in [0.25, 0.3) is 5.91 Å². The number of aromatic amines is 1. The molecule has 0 unspecified atom stereocenters. The zero-order valence-electron chi connectivity index (χ0n) is 20.5. The summed E-state index contributed by atoms with van der Waals surface area (Å²) in [6, 6.07) is 12.8. The van der Waals surface area contributed by atoms with E-state index in [0.29, 0.717) is 23.4 Å². The molecule has 1 atom stereocenters. The minimum atomic E-state index is -0.224. The SMILES string of the molecule is CO[C@@H](c1nc2cc(C(=O)NC3CCC3)ccc2[nH]1)[C@H]1CC[C@@H](c2ccnc3ccc(F)cc32)CC1. The van der Waals surface area contributed by atoms with Gasteiger partial charge < -0.3 is 15.0 Å². The molecule has 4 aromatic rings. The number of hydrogen-bond acceptors (Lipinski definition) is 4. The number of halogens is 1. The number of fused-ring (bicyclic) bond motifs is 2. The van der Waals surface area contributed by atoms with Crippen LogP contribution in [0.3, 0.4) is 0 Å². The number of imidazole rings is 1. The van der Waals surface area contributed by atoms with Crippen molar-refractivity contribution in [3.8, 4) is 0 Å². The number of carbonyl (C=O) groups is 1. The van der Waals surface area contributed by atoms with Crippen LogP contribution in [0.2, 0.25) is 0 Å². The van der Waals surface area contributed by atoms with Gasteiger partial charge in [-0.3, -0.25) is 9.78 Å². The van der Waals surface area contributed by atoms with Crippen LogP contribution < -0.4 is 5.32 Å². The Balaban J connectivity index is 1.17. The molecule has 2 N–H and O–H groups in total. The molecule has 2 fully saturated rings. The largest absolute Gasteiger partial charge is 0.373 e. The minimum absolute atomic E-state index is 0.0312. The number of H-pyrrole nitrogens is 1. The van der Waals surface area contributed by atoms with Crippen LogP contribution in [-0.2, 0) is 4.74 Å². The lowest BCUT2D eigenvalue weighted by molar-refractivity contribution is 0.0274. The second kappa shape index (κ2) is 9.62. The summed E-state index contributed by atoms with van der Waals surface area (Å²) in [5, 5.41) is 4.01. The van der Waals surface area contributed by atoms with Crippen LogP contribution in [0.25, 0.3) is 21.9 Å². The maximum atomic E-state index is 13.9. The van der Waals surface area contributed by atoms with E-state index >= 15 is 0 Å². The molecule has 0 aliphatic heterocycles. The van der Waals surface area contributed by atoms with Crippen LogP contribution in [0.1, 0.15) is 78.7 Å². The Morgan fingerprint density at radius 1 is 1.06 bits per heavy atom. The molecule has 2 aromatic heterocycles. The second-order valence-corrected chi connectivity index (χ2v) is 10.3. The average Bonchev–Trinajstić information content (AvgIpc) is 3.29. The number of nitrogens with zero attached hydrogens (tertiary/aromatic N) is 2. The van der Waals surface area contributed by atoms with Crippen molar-refractivity contribution in [2.45, 2.75) is 63.0 Å². The van der Waals surface area contributed by atoms with E-state index in [1.807, 2.05) is 30.5 Å². The third-order valence-corrected chi connectivity index (χ3v) is 8.10. The maximum Gasteiger partial charge on any atom is 0.251 e. The standard InChI is InChI=1S/C29H31FN4O2/c1-36-27(28-33-25-11-9-19(15-26(25)34-28)29(35)32-21-3-2-4-21)18-7-5-17(6-8-18)22-13-14-31-24-12-10-20(30)16-23(22)24/h9-18,21,27H,2-8H2,1H3,(H,32,35)(H,33,34)/t17-,18+,27-/m1/s1. The van der Waals surface area contributed by atoms with Crippen molar-refractivity contribution < 1.29 is 13.9 Å². The number of rotatable bonds is 6. The number of benzene rings is 2. The van der Waals surface area contributed by atoms with E-state index < -0.39 is 0 Å². The third kappa shape index (κ3) is 4.37. The zero-order valence-corrected chi connectivity index (χ0v) is 20.5. The summed E-state index contributed by atoms with van der Waals surface area (Å²) in [5.74, 6) is 1.26. The van der Waals surface area contributed by atoms with Gasteiger partial charge in [0.1, 0.15) is 17.7 Å². The summed E-state index contributed by atoms with van der Waals surface area (Å²) in [4.78, 5) is 25.3. The molecule has 2 heterocycles. The van der Waals surface area contributed by atoms with Crippen molar-refractivity contribution in [2.75, 3.05) is 7.11 Å². The molecule has 0 bridgehead atoms. The Kier molecular flexibility index (Phi) is 6.17. The highest BCUT2D eigenvalue weighted by molar-refractivity contribution is 5.97. The molecule has 1 amide bonds. The lowest BCUT2D eigenvalue weighted by Crippen LogP contribution is -2.39. The van der Waals surface area contributed by atoms with E-state index in [0.717, 1.165) is 66.3 Å². The van der Waals surface area contributed by atoms with Crippen molar-refractivity contribution in [3.05, 3.63) is 71.4 Å². The molecule has 7 heteroatoms. The lowest BCUT2D eigenvalue weighted by atomic mass is 9.76. The first-order valence-corrected chi connectivity index (χ1v) is 13.0. The second-order valence-electron chi connectivity index (χ2n) is 10.3. The van der Waals surface area contributed by atoms with Gasteiger partial charge in [-0.25, -0.2) is 9.37 Å². The average molecular weight is 487 g/mol. The smallest absolute Gasteiger partial charge is 0.251 e. The van der Waals surface area contributed by atoms with Crippen LogP contribution in [0.4, 0.5) is 4.39 Å². The van der Waals surface area contributed by atoms with Crippen LogP contribution in [0.15, 0.2) is 48.7 Å².